The predicted molar refractivity (Wildman–Crippen MR) is 80.7 cm³/mol. The van der Waals surface area contributed by atoms with Gasteiger partial charge in [-0.3, -0.25) is 5.32 Å². The minimum Gasteiger partial charge on any atom is -0.299 e. The number of nitriles is 1. The van der Waals surface area contributed by atoms with Gasteiger partial charge in [-0.2, -0.15) is 17.0 Å². The van der Waals surface area contributed by atoms with Crippen molar-refractivity contribution in [2.75, 3.05) is 12.3 Å². The van der Waals surface area contributed by atoms with Gasteiger partial charge in [0.25, 0.3) is 0 Å². The average Bonchev–Trinajstić information content (AvgIpc) is 2.73. The van der Waals surface area contributed by atoms with Crippen LogP contribution < -0.4 is 5.32 Å². The van der Waals surface area contributed by atoms with Crippen molar-refractivity contribution >= 4 is 11.8 Å². The van der Waals surface area contributed by atoms with Crippen LogP contribution in [0.1, 0.15) is 53.4 Å². The zero-order chi connectivity index (χ0) is 13.6. The van der Waals surface area contributed by atoms with Gasteiger partial charge in [0.15, 0.2) is 0 Å². The number of hydrogen-bond donors (Lipinski definition) is 1. The second-order valence-electron chi connectivity index (χ2n) is 5.81. The van der Waals surface area contributed by atoms with E-state index < -0.39 is 0 Å². The highest BCUT2D eigenvalue weighted by Crippen LogP contribution is 2.38. The molecular weight excluding hydrogens is 240 g/mol. The van der Waals surface area contributed by atoms with Crippen molar-refractivity contribution < 1.29 is 0 Å². The minimum atomic E-state index is -0.226. The third-order valence-electron chi connectivity index (χ3n) is 4.30. The first kappa shape index (κ1) is 15.9. The summed E-state index contributed by atoms with van der Waals surface area (Å²) in [5, 5.41) is 13.7. The Morgan fingerprint density at radius 1 is 1.44 bits per heavy atom. The summed E-state index contributed by atoms with van der Waals surface area (Å²) in [4.78, 5) is 0. The Morgan fingerprint density at radius 2 is 2.17 bits per heavy atom. The lowest BCUT2D eigenvalue weighted by atomic mass is 9.86. The van der Waals surface area contributed by atoms with Crippen molar-refractivity contribution in [2.24, 2.45) is 11.8 Å². The molecule has 1 rings (SSSR count). The van der Waals surface area contributed by atoms with E-state index in [-0.39, 0.29) is 5.54 Å². The van der Waals surface area contributed by atoms with Crippen molar-refractivity contribution in [3.05, 3.63) is 0 Å². The van der Waals surface area contributed by atoms with Crippen molar-refractivity contribution in [1.82, 2.24) is 5.32 Å². The minimum absolute atomic E-state index is 0.226. The summed E-state index contributed by atoms with van der Waals surface area (Å²) in [5.74, 6) is 2.49. The maximum absolute atomic E-state index is 9.50. The van der Waals surface area contributed by atoms with Crippen molar-refractivity contribution in [3.8, 4) is 6.07 Å². The molecule has 0 radical (unpaired) electrons. The van der Waals surface area contributed by atoms with Crippen LogP contribution in [0.25, 0.3) is 0 Å². The van der Waals surface area contributed by atoms with Crippen LogP contribution in [0.5, 0.6) is 0 Å². The van der Waals surface area contributed by atoms with Gasteiger partial charge < -0.3 is 0 Å². The second kappa shape index (κ2) is 7.40. The van der Waals surface area contributed by atoms with E-state index in [9.17, 15) is 5.26 Å². The standard InChI is InChI=1S/C15H28N2S/c1-5-17-15(11-16)9-6-7-14(15)8-10-18-13(4)12(2)3/h12-14,17H,5-10H2,1-4H3. The van der Waals surface area contributed by atoms with Crippen LogP contribution in [0.4, 0.5) is 0 Å². The smallest absolute Gasteiger partial charge is 0.109 e. The molecular formula is C15H28N2S. The van der Waals surface area contributed by atoms with E-state index in [1.807, 2.05) is 0 Å². The SMILES string of the molecule is CCNC1(C#N)CCCC1CCSC(C)C(C)C. The van der Waals surface area contributed by atoms with Gasteiger partial charge in [-0.1, -0.05) is 34.1 Å². The number of rotatable bonds is 7. The predicted octanol–water partition coefficient (Wildman–Crippen LogP) is 3.83. The first-order valence-corrected chi connectivity index (χ1v) is 8.38. The molecule has 0 bridgehead atoms. The fraction of sp³-hybridized carbons (Fsp3) is 0.933. The summed E-state index contributed by atoms with van der Waals surface area (Å²) in [6.07, 6.45) is 4.64. The van der Waals surface area contributed by atoms with Crippen LogP contribution in [-0.4, -0.2) is 23.1 Å². The molecule has 0 saturated heterocycles. The highest BCUT2D eigenvalue weighted by Gasteiger charge is 2.42. The molecule has 0 aromatic heterocycles. The zero-order valence-corrected chi connectivity index (χ0v) is 13.1. The van der Waals surface area contributed by atoms with E-state index in [1.54, 1.807) is 0 Å². The molecule has 1 aliphatic rings. The molecule has 0 aliphatic heterocycles. The Hall–Kier alpha value is -0.200. The second-order valence-corrected chi connectivity index (χ2v) is 7.30. The van der Waals surface area contributed by atoms with Crippen molar-refractivity contribution in [1.29, 1.82) is 5.26 Å². The molecule has 2 nitrogen and oxygen atoms in total. The highest BCUT2D eigenvalue weighted by atomic mass is 32.2. The maximum Gasteiger partial charge on any atom is 0.109 e. The highest BCUT2D eigenvalue weighted by molar-refractivity contribution is 7.99. The molecule has 3 atom stereocenters. The van der Waals surface area contributed by atoms with Gasteiger partial charge in [0.05, 0.1) is 6.07 Å². The molecule has 0 aromatic carbocycles. The number of nitrogens with one attached hydrogen (secondary N) is 1. The van der Waals surface area contributed by atoms with E-state index in [0.29, 0.717) is 5.92 Å². The molecule has 0 amide bonds. The van der Waals surface area contributed by atoms with E-state index in [4.69, 9.17) is 0 Å². The molecule has 0 aromatic rings. The van der Waals surface area contributed by atoms with Crippen molar-refractivity contribution in [2.45, 2.75) is 64.2 Å². The molecule has 1 fully saturated rings. The Bertz CT molecular complexity index is 285. The molecule has 1 aliphatic carbocycles. The van der Waals surface area contributed by atoms with Gasteiger partial charge in [-0.15, -0.1) is 0 Å². The van der Waals surface area contributed by atoms with E-state index in [1.165, 1.54) is 25.0 Å². The van der Waals surface area contributed by atoms with Crippen LogP contribution in [0, 0.1) is 23.2 Å². The van der Waals surface area contributed by atoms with Gasteiger partial charge in [0.2, 0.25) is 0 Å². The quantitative estimate of drug-likeness (QED) is 0.762. The lowest BCUT2D eigenvalue weighted by Gasteiger charge is -2.30. The summed E-state index contributed by atoms with van der Waals surface area (Å²) in [6, 6.07) is 2.57. The fourth-order valence-corrected chi connectivity index (χ4v) is 3.97. The van der Waals surface area contributed by atoms with E-state index in [0.717, 1.165) is 24.1 Å². The van der Waals surface area contributed by atoms with Gasteiger partial charge in [-0.05, 0) is 43.4 Å². The maximum atomic E-state index is 9.50. The summed E-state index contributed by atoms with van der Waals surface area (Å²) in [7, 11) is 0. The Labute approximate surface area is 117 Å². The monoisotopic (exact) mass is 268 g/mol. The fourth-order valence-electron chi connectivity index (χ4n) is 2.79. The third-order valence-corrected chi connectivity index (χ3v) is 5.84. The first-order valence-electron chi connectivity index (χ1n) is 7.33. The summed E-state index contributed by atoms with van der Waals surface area (Å²) < 4.78 is 0. The largest absolute Gasteiger partial charge is 0.299 e. The molecule has 0 heterocycles. The lowest BCUT2D eigenvalue weighted by Crippen LogP contribution is -2.47. The van der Waals surface area contributed by atoms with Crippen LogP contribution in [0.2, 0.25) is 0 Å². The molecule has 3 unspecified atom stereocenters. The van der Waals surface area contributed by atoms with Gasteiger partial charge in [0, 0.05) is 5.25 Å². The normalized spacial score (nSPS) is 29.4. The van der Waals surface area contributed by atoms with Crippen molar-refractivity contribution in [3.63, 3.8) is 0 Å². The van der Waals surface area contributed by atoms with E-state index in [2.05, 4.69) is 50.8 Å². The van der Waals surface area contributed by atoms with Crippen LogP contribution >= 0.6 is 11.8 Å². The Morgan fingerprint density at radius 3 is 2.72 bits per heavy atom. The third kappa shape index (κ3) is 3.90. The summed E-state index contributed by atoms with van der Waals surface area (Å²) >= 11 is 2.06. The molecule has 0 spiro atoms. The average molecular weight is 268 g/mol. The lowest BCUT2D eigenvalue weighted by molar-refractivity contribution is 0.317. The topological polar surface area (TPSA) is 35.8 Å². The Kier molecular flexibility index (Phi) is 6.52. The molecule has 104 valence electrons. The first-order chi connectivity index (χ1) is 8.55. The number of nitrogens with zero attached hydrogens (tertiary/aromatic N) is 1. The van der Waals surface area contributed by atoms with Gasteiger partial charge in [0.1, 0.15) is 5.54 Å². The molecule has 3 heteroatoms. The number of thioether (sulfide) groups is 1. The molecule has 18 heavy (non-hydrogen) atoms. The van der Waals surface area contributed by atoms with Gasteiger partial charge >= 0.3 is 0 Å². The summed E-state index contributed by atoms with van der Waals surface area (Å²) in [6.45, 7) is 9.88. The van der Waals surface area contributed by atoms with Crippen LogP contribution in [-0.2, 0) is 0 Å². The number of hydrogen-bond acceptors (Lipinski definition) is 3. The Balaban J connectivity index is 2.43. The van der Waals surface area contributed by atoms with Crippen LogP contribution in [0.15, 0.2) is 0 Å². The summed E-state index contributed by atoms with van der Waals surface area (Å²) in [5.41, 5.74) is -0.226. The van der Waals surface area contributed by atoms with Gasteiger partial charge in [-0.25, -0.2) is 0 Å². The molecule has 1 N–H and O–H groups in total. The van der Waals surface area contributed by atoms with E-state index >= 15 is 0 Å². The van der Waals surface area contributed by atoms with Crippen LogP contribution in [0.3, 0.4) is 0 Å². The molecule has 1 saturated carbocycles. The zero-order valence-electron chi connectivity index (χ0n) is 12.3.